The van der Waals surface area contributed by atoms with Gasteiger partial charge in [0, 0.05) is 18.4 Å². The lowest BCUT2D eigenvalue weighted by atomic mass is 10.0. The van der Waals surface area contributed by atoms with E-state index in [1.807, 2.05) is 6.08 Å². The number of aromatic nitrogens is 2. The Labute approximate surface area is 327 Å². The van der Waals surface area contributed by atoms with Crippen LogP contribution < -0.4 is 24.8 Å². The molecule has 7 rings (SSSR count). The van der Waals surface area contributed by atoms with Gasteiger partial charge in [-0.15, -0.1) is 0 Å². The maximum atomic E-state index is 14.5. The van der Waals surface area contributed by atoms with E-state index >= 15 is 0 Å². The first-order valence-electron chi connectivity index (χ1n) is 19.4. The van der Waals surface area contributed by atoms with Crippen molar-refractivity contribution in [1.82, 2.24) is 30.2 Å². The summed E-state index contributed by atoms with van der Waals surface area (Å²) in [5.74, 6) is -3.42. The normalized spacial score (nSPS) is 28.7. The fourth-order valence-corrected chi connectivity index (χ4v) is 8.84. The minimum absolute atomic E-state index is 0.0689. The number of benzene rings is 1. The zero-order valence-electron chi connectivity index (χ0n) is 31.9. The number of alkyl halides is 3. The summed E-state index contributed by atoms with van der Waals surface area (Å²) in [6.07, 6.45) is 1.16. The van der Waals surface area contributed by atoms with Gasteiger partial charge in [0.2, 0.25) is 33.4 Å². The molecule has 0 spiro atoms. The monoisotopic (exact) mass is 820 g/mol. The number of alkyl carbamates (subject to hydrolysis) is 1. The number of amides is 4. The molecule has 0 unspecified atom stereocenters. The van der Waals surface area contributed by atoms with Gasteiger partial charge in [0.1, 0.15) is 35.6 Å². The average molecular weight is 821 g/mol. The maximum Gasteiger partial charge on any atom is 0.438 e. The standard InChI is InChI=1S/C38H47F3N6O9S/c1-21(22-11-12-22)55-35(51)44-27-10-8-6-4-5-7-9-23-19-37(23,34(50)46-57(52,53)36(2)15-16-36)45-31(48)29-18-25(20-47(29)33(27)49)56-32-30(38(39,40)41)42-28-17-24(54-3)13-14-26(28)43-32/h7,9,13-14,17,21-23,25,27,29H,4-6,8,10-12,15-16,18-20H2,1-3H3,(H,44,51)(H,45,48)(H,46,50)/b9-7+/t21-,23-,25-,27+,29+,37-/m1/s1. The molecule has 19 heteroatoms. The summed E-state index contributed by atoms with van der Waals surface area (Å²) in [5.41, 5.74) is -3.13. The van der Waals surface area contributed by atoms with Crippen molar-refractivity contribution >= 4 is 44.9 Å². The predicted molar refractivity (Wildman–Crippen MR) is 197 cm³/mol. The van der Waals surface area contributed by atoms with Crippen LogP contribution in [0.5, 0.6) is 11.6 Å². The van der Waals surface area contributed by atoms with E-state index in [1.54, 1.807) is 13.0 Å². The quantitative estimate of drug-likeness (QED) is 0.306. The van der Waals surface area contributed by atoms with Crippen molar-refractivity contribution in [3.8, 4) is 11.6 Å². The van der Waals surface area contributed by atoms with E-state index in [0.29, 0.717) is 38.5 Å². The molecular weight excluding hydrogens is 774 g/mol. The van der Waals surface area contributed by atoms with Crippen molar-refractivity contribution in [1.29, 1.82) is 0 Å². The number of ether oxygens (including phenoxy) is 3. The van der Waals surface area contributed by atoms with Crippen LogP contribution in [0.15, 0.2) is 30.4 Å². The van der Waals surface area contributed by atoms with Gasteiger partial charge in [0.05, 0.1) is 29.4 Å². The lowest BCUT2D eigenvalue weighted by molar-refractivity contribution is -0.143. The molecule has 4 amide bonds. The minimum Gasteiger partial charge on any atom is -0.497 e. The Balaban J connectivity index is 1.20. The highest BCUT2D eigenvalue weighted by Crippen LogP contribution is 2.48. The van der Waals surface area contributed by atoms with Crippen LogP contribution in [0.2, 0.25) is 0 Å². The van der Waals surface area contributed by atoms with Crippen LogP contribution in [0.25, 0.3) is 11.0 Å². The summed E-state index contributed by atoms with van der Waals surface area (Å²) in [4.78, 5) is 64.8. The fraction of sp³-hybridized carbons (Fsp3) is 0.632. The number of carbonyl (C=O) groups is 4. The van der Waals surface area contributed by atoms with Gasteiger partial charge in [-0.25, -0.2) is 23.2 Å². The van der Waals surface area contributed by atoms with Crippen molar-refractivity contribution < 1.29 is 55.0 Å². The van der Waals surface area contributed by atoms with Crippen LogP contribution in [-0.4, -0.2) is 95.3 Å². The van der Waals surface area contributed by atoms with E-state index in [-0.39, 0.29) is 48.1 Å². The average Bonchev–Trinajstić information content (AvgIpc) is 4.09. The Morgan fingerprint density at radius 3 is 2.51 bits per heavy atom. The third-order valence-electron chi connectivity index (χ3n) is 11.7. The molecule has 2 aliphatic heterocycles. The third-order valence-corrected chi connectivity index (χ3v) is 13.9. The van der Waals surface area contributed by atoms with E-state index in [9.17, 15) is 40.8 Å². The summed E-state index contributed by atoms with van der Waals surface area (Å²) in [6, 6.07) is 1.63. The van der Waals surface area contributed by atoms with Gasteiger partial charge in [-0.1, -0.05) is 25.0 Å². The minimum atomic E-state index is -5.01. The summed E-state index contributed by atoms with van der Waals surface area (Å²) in [6.45, 7) is 2.90. The van der Waals surface area contributed by atoms with Crippen molar-refractivity contribution in [3.63, 3.8) is 0 Å². The summed E-state index contributed by atoms with van der Waals surface area (Å²) >= 11 is 0. The van der Waals surface area contributed by atoms with Gasteiger partial charge >= 0.3 is 12.3 Å². The van der Waals surface area contributed by atoms with E-state index in [1.165, 1.54) is 32.2 Å². The molecule has 1 aromatic heterocycles. The molecule has 3 heterocycles. The SMILES string of the molecule is COc1ccc2nc(O[C@@H]3C[C@H]4C(=O)N[C@]5(C(=O)NS(=O)(=O)C6(C)CC6)C[C@H]5/C=C/CCCCC[C@H](NC(=O)O[C@H](C)C5CC5)C(=O)N4C3)c(C(F)(F)F)nc2c1. The predicted octanol–water partition coefficient (Wildman–Crippen LogP) is 4.29. The molecule has 4 fully saturated rings. The molecule has 0 radical (unpaired) electrons. The smallest absolute Gasteiger partial charge is 0.438 e. The summed E-state index contributed by atoms with van der Waals surface area (Å²) in [7, 11) is -2.73. The number of halogens is 3. The first kappa shape index (κ1) is 40.5. The molecule has 310 valence electrons. The molecule has 6 atom stereocenters. The Morgan fingerprint density at radius 2 is 1.82 bits per heavy atom. The number of nitrogens with zero attached hydrogens (tertiary/aromatic N) is 3. The molecule has 5 aliphatic rings. The van der Waals surface area contributed by atoms with Gasteiger partial charge in [-0.3, -0.25) is 19.1 Å². The van der Waals surface area contributed by atoms with Crippen LogP contribution in [0.1, 0.15) is 90.2 Å². The van der Waals surface area contributed by atoms with Crippen LogP contribution in [0.4, 0.5) is 18.0 Å². The number of hydrogen-bond acceptors (Lipinski definition) is 11. The van der Waals surface area contributed by atoms with Gasteiger partial charge in [0.15, 0.2) is 0 Å². The van der Waals surface area contributed by atoms with Crippen LogP contribution in [0.3, 0.4) is 0 Å². The topological polar surface area (TPSA) is 195 Å². The van der Waals surface area contributed by atoms with Gasteiger partial charge < -0.3 is 29.7 Å². The van der Waals surface area contributed by atoms with Gasteiger partial charge in [-0.05, 0) is 83.3 Å². The molecule has 1 saturated heterocycles. The number of allylic oxidation sites excluding steroid dienone is 1. The van der Waals surface area contributed by atoms with Crippen LogP contribution in [0, 0.1) is 11.8 Å². The lowest BCUT2D eigenvalue weighted by Crippen LogP contribution is -2.58. The molecule has 57 heavy (non-hydrogen) atoms. The first-order chi connectivity index (χ1) is 26.9. The molecular formula is C38H47F3N6O9S. The van der Waals surface area contributed by atoms with Crippen molar-refractivity contribution in [2.45, 2.75) is 125 Å². The van der Waals surface area contributed by atoms with Crippen LogP contribution >= 0.6 is 0 Å². The van der Waals surface area contributed by atoms with E-state index in [4.69, 9.17) is 14.2 Å². The molecule has 3 N–H and O–H groups in total. The third kappa shape index (κ3) is 8.62. The number of nitrogens with one attached hydrogen (secondary N) is 3. The fourth-order valence-electron chi connectivity index (χ4n) is 7.52. The summed E-state index contributed by atoms with van der Waals surface area (Å²) in [5, 5.41) is 5.39. The number of fused-ring (bicyclic) bond motifs is 3. The lowest BCUT2D eigenvalue weighted by Gasteiger charge is -2.30. The highest BCUT2D eigenvalue weighted by molar-refractivity contribution is 7.91. The largest absolute Gasteiger partial charge is 0.497 e. The second-order valence-corrected chi connectivity index (χ2v) is 18.3. The Kier molecular flexibility index (Phi) is 10.8. The highest BCUT2D eigenvalue weighted by atomic mass is 32.2. The highest BCUT2D eigenvalue weighted by Gasteiger charge is 2.63. The Hall–Kier alpha value is -4.68. The Bertz CT molecular complexity index is 2080. The number of carbonyl (C=O) groups excluding carboxylic acids is 4. The zero-order valence-corrected chi connectivity index (χ0v) is 32.7. The molecule has 0 bridgehead atoms. The summed E-state index contributed by atoms with van der Waals surface area (Å²) < 4.78 is 87.1. The molecule has 1 aromatic carbocycles. The van der Waals surface area contributed by atoms with Crippen molar-refractivity contribution in [2.24, 2.45) is 11.8 Å². The number of sulfonamides is 1. The number of hydrogen-bond donors (Lipinski definition) is 3. The Morgan fingerprint density at radius 1 is 1.07 bits per heavy atom. The second-order valence-electron chi connectivity index (χ2n) is 16.1. The van der Waals surface area contributed by atoms with E-state index in [2.05, 4.69) is 25.3 Å². The molecule has 3 saturated carbocycles. The van der Waals surface area contributed by atoms with Gasteiger partial charge in [-0.2, -0.15) is 13.2 Å². The number of rotatable bonds is 9. The van der Waals surface area contributed by atoms with Crippen LogP contribution in [-0.2, 0) is 35.3 Å². The first-order valence-corrected chi connectivity index (χ1v) is 20.8. The van der Waals surface area contributed by atoms with Crippen molar-refractivity contribution in [3.05, 3.63) is 36.0 Å². The number of methoxy groups -OCH3 is 1. The molecule has 3 aliphatic carbocycles. The zero-order chi connectivity index (χ0) is 40.9. The van der Waals surface area contributed by atoms with E-state index in [0.717, 1.165) is 17.7 Å². The molecule has 2 aromatic rings. The second kappa shape index (κ2) is 15.2. The molecule has 15 nitrogen and oxygen atoms in total. The van der Waals surface area contributed by atoms with E-state index < -0.39 is 92.5 Å². The van der Waals surface area contributed by atoms with Gasteiger partial charge in [0.25, 0.3) is 5.91 Å². The van der Waals surface area contributed by atoms with Crippen molar-refractivity contribution in [2.75, 3.05) is 13.7 Å². The maximum absolute atomic E-state index is 14.5.